The molecule has 2 N–H and O–H groups in total. The zero-order valence-corrected chi connectivity index (χ0v) is 13.4. The molecule has 1 aromatic heterocycles. The molecule has 0 saturated carbocycles. The average molecular weight is 319 g/mol. The molecule has 1 heterocycles. The van der Waals surface area contributed by atoms with E-state index < -0.39 is 0 Å². The lowest BCUT2D eigenvalue weighted by Gasteiger charge is -2.19. The first-order valence-corrected chi connectivity index (χ1v) is 8.00. The molecule has 0 amide bonds. The van der Waals surface area contributed by atoms with Gasteiger partial charge in [0, 0.05) is 18.3 Å². The second kappa shape index (κ2) is 7.28. The SMILES string of the molecule is CCC(=O)c1csc(N(CCc2ccccc2)C(N)=S)n1. The van der Waals surface area contributed by atoms with Crippen molar-refractivity contribution in [2.45, 2.75) is 19.8 Å². The maximum atomic E-state index is 11.7. The molecule has 0 bridgehead atoms. The van der Waals surface area contributed by atoms with E-state index in [1.165, 1.54) is 16.9 Å². The Labute approximate surface area is 133 Å². The first-order chi connectivity index (χ1) is 10.1. The van der Waals surface area contributed by atoms with Gasteiger partial charge in [-0.25, -0.2) is 4.98 Å². The molecular weight excluding hydrogens is 302 g/mol. The van der Waals surface area contributed by atoms with E-state index >= 15 is 0 Å². The predicted octanol–water partition coefficient (Wildman–Crippen LogP) is 3.03. The van der Waals surface area contributed by atoms with Crippen molar-refractivity contribution in [1.29, 1.82) is 0 Å². The van der Waals surface area contributed by atoms with Gasteiger partial charge in [0.15, 0.2) is 16.0 Å². The van der Waals surface area contributed by atoms with E-state index in [4.69, 9.17) is 18.0 Å². The monoisotopic (exact) mass is 319 g/mol. The van der Waals surface area contributed by atoms with Crippen LogP contribution in [0.2, 0.25) is 0 Å². The number of carbonyl (C=O) groups excluding carboxylic acids is 1. The molecule has 6 heteroatoms. The Balaban J connectivity index is 2.10. The number of hydrogen-bond donors (Lipinski definition) is 1. The molecule has 0 atom stereocenters. The van der Waals surface area contributed by atoms with Crippen molar-refractivity contribution in [3.8, 4) is 0 Å². The molecule has 2 rings (SSSR count). The standard InChI is InChI=1S/C15H17N3OS2/c1-2-13(19)12-10-21-15(17-12)18(14(16)20)9-8-11-6-4-3-5-7-11/h3-7,10H,2,8-9H2,1H3,(H2,16,20). The van der Waals surface area contributed by atoms with Gasteiger partial charge in [0.1, 0.15) is 5.69 Å². The Kier molecular flexibility index (Phi) is 5.41. The van der Waals surface area contributed by atoms with Crippen LogP contribution in [0.5, 0.6) is 0 Å². The highest BCUT2D eigenvalue weighted by atomic mass is 32.1. The molecule has 0 radical (unpaired) electrons. The Bertz CT molecular complexity index is 625. The Morgan fingerprint density at radius 2 is 2.10 bits per heavy atom. The fraction of sp³-hybridized carbons (Fsp3) is 0.267. The number of thiocarbonyl (C=S) groups is 1. The van der Waals surface area contributed by atoms with Gasteiger partial charge < -0.3 is 5.73 Å². The van der Waals surface area contributed by atoms with Crippen LogP contribution in [-0.4, -0.2) is 22.4 Å². The van der Waals surface area contributed by atoms with E-state index in [2.05, 4.69) is 17.1 Å². The fourth-order valence-electron chi connectivity index (χ4n) is 1.88. The lowest BCUT2D eigenvalue weighted by Crippen LogP contribution is -2.37. The van der Waals surface area contributed by atoms with Gasteiger partial charge in [-0.2, -0.15) is 0 Å². The normalized spacial score (nSPS) is 10.3. The van der Waals surface area contributed by atoms with Crippen LogP contribution in [0, 0.1) is 0 Å². The first kappa shape index (κ1) is 15.6. The number of thiazole rings is 1. The van der Waals surface area contributed by atoms with Gasteiger partial charge >= 0.3 is 0 Å². The van der Waals surface area contributed by atoms with Crippen LogP contribution in [0.3, 0.4) is 0 Å². The maximum absolute atomic E-state index is 11.7. The minimum Gasteiger partial charge on any atom is -0.376 e. The summed E-state index contributed by atoms with van der Waals surface area (Å²) in [5, 5.41) is 2.71. The summed E-state index contributed by atoms with van der Waals surface area (Å²) < 4.78 is 0. The van der Waals surface area contributed by atoms with E-state index in [0.717, 1.165) is 6.42 Å². The van der Waals surface area contributed by atoms with Crippen LogP contribution >= 0.6 is 23.6 Å². The minimum atomic E-state index is 0.0310. The van der Waals surface area contributed by atoms with Crippen molar-refractivity contribution in [2.24, 2.45) is 5.73 Å². The van der Waals surface area contributed by atoms with Crippen LogP contribution in [0.25, 0.3) is 0 Å². The summed E-state index contributed by atoms with van der Waals surface area (Å²) >= 11 is 6.49. The molecule has 110 valence electrons. The number of nitrogens with two attached hydrogens (primary N) is 1. The van der Waals surface area contributed by atoms with E-state index in [9.17, 15) is 4.79 Å². The smallest absolute Gasteiger partial charge is 0.192 e. The quantitative estimate of drug-likeness (QED) is 0.655. The summed E-state index contributed by atoms with van der Waals surface area (Å²) in [5.74, 6) is 0.0310. The highest BCUT2D eigenvalue weighted by Crippen LogP contribution is 2.21. The van der Waals surface area contributed by atoms with Crippen molar-refractivity contribution in [2.75, 3.05) is 11.4 Å². The molecule has 21 heavy (non-hydrogen) atoms. The van der Waals surface area contributed by atoms with Gasteiger partial charge in [0.2, 0.25) is 0 Å². The van der Waals surface area contributed by atoms with Crippen LogP contribution in [0.4, 0.5) is 5.13 Å². The predicted molar refractivity (Wildman–Crippen MR) is 91.0 cm³/mol. The van der Waals surface area contributed by atoms with E-state index in [1.54, 1.807) is 10.3 Å². The van der Waals surface area contributed by atoms with Gasteiger partial charge in [-0.1, -0.05) is 37.3 Å². The number of carbonyl (C=O) groups is 1. The average Bonchev–Trinajstić information content (AvgIpc) is 2.97. The van der Waals surface area contributed by atoms with E-state index in [0.29, 0.717) is 23.8 Å². The minimum absolute atomic E-state index is 0.0310. The molecule has 0 fully saturated rings. The Morgan fingerprint density at radius 1 is 1.38 bits per heavy atom. The molecule has 0 spiro atoms. The third-order valence-corrected chi connectivity index (χ3v) is 4.15. The molecule has 0 aliphatic carbocycles. The number of benzene rings is 1. The summed E-state index contributed by atoms with van der Waals surface area (Å²) in [4.78, 5) is 17.8. The van der Waals surface area contributed by atoms with Crippen molar-refractivity contribution < 1.29 is 4.79 Å². The number of anilines is 1. The molecule has 1 aromatic carbocycles. The van der Waals surface area contributed by atoms with Crippen LogP contribution in [0.1, 0.15) is 29.4 Å². The molecule has 0 aliphatic rings. The third-order valence-electron chi connectivity index (χ3n) is 3.06. The number of nitrogens with zero attached hydrogens (tertiary/aromatic N) is 2. The van der Waals surface area contributed by atoms with Gasteiger partial charge in [0.05, 0.1) is 0 Å². The summed E-state index contributed by atoms with van der Waals surface area (Å²) in [6.07, 6.45) is 1.26. The van der Waals surface area contributed by atoms with Crippen molar-refractivity contribution in [1.82, 2.24) is 4.98 Å². The number of ketones is 1. The zero-order valence-electron chi connectivity index (χ0n) is 11.8. The van der Waals surface area contributed by atoms with Crippen LogP contribution < -0.4 is 10.6 Å². The first-order valence-electron chi connectivity index (χ1n) is 6.71. The second-order valence-corrected chi connectivity index (χ2v) is 5.77. The molecule has 4 nitrogen and oxygen atoms in total. The Hall–Kier alpha value is -1.79. The zero-order chi connectivity index (χ0) is 15.2. The summed E-state index contributed by atoms with van der Waals surface area (Å²) in [6, 6.07) is 10.1. The van der Waals surface area contributed by atoms with Gasteiger partial charge in [-0.3, -0.25) is 9.69 Å². The second-order valence-electron chi connectivity index (χ2n) is 4.52. The van der Waals surface area contributed by atoms with Crippen LogP contribution in [0.15, 0.2) is 35.7 Å². The lowest BCUT2D eigenvalue weighted by atomic mass is 10.1. The number of rotatable bonds is 6. The summed E-state index contributed by atoms with van der Waals surface area (Å²) in [7, 11) is 0. The molecule has 0 aliphatic heterocycles. The molecular formula is C15H17N3OS2. The molecule has 2 aromatic rings. The fourth-order valence-corrected chi connectivity index (χ4v) is 2.99. The van der Waals surface area contributed by atoms with E-state index in [1.807, 2.05) is 25.1 Å². The lowest BCUT2D eigenvalue weighted by molar-refractivity contribution is 0.0984. The van der Waals surface area contributed by atoms with E-state index in [-0.39, 0.29) is 10.9 Å². The van der Waals surface area contributed by atoms with Crippen molar-refractivity contribution in [3.05, 3.63) is 47.0 Å². The summed E-state index contributed by atoms with van der Waals surface area (Å²) in [5.41, 5.74) is 7.48. The number of aromatic nitrogens is 1. The largest absolute Gasteiger partial charge is 0.376 e. The highest BCUT2D eigenvalue weighted by Gasteiger charge is 2.16. The van der Waals surface area contributed by atoms with Gasteiger partial charge in [-0.15, -0.1) is 11.3 Å². The third kappa shape index (κ3) is 4.09. The van der Waals surface area contributed by atoms with Gasteiger partial charge in [0.25, 0.3) is 0 Å². The molecule has 0 saturated heterocycles. The van der Waals surface area contributed by atoms with Gasteiger partial charge in [-0.05, 0) is 24.2 Å². The topological polar surface area (TPSA) is 59.2 Å². The Morgan fingerprint density at radius 3 is 2.71 bits per heavy atom. The number of Topliss-reactive ketones (excluding diaryl/α,β-unsaturated/α-hetero) is 1. The summed E-state index contributed by atoms with van der Waals surface area (Å²) in [6.45, 7) is 2.47. The van der Waals surface area contributed by atoms with Crippen molar-refractivity contribution in [3.63, 3.8) is 0 Å². The number of hydrogen-bond acceptors (Lipinski definition) is 4. The highest BCUT2D eigenvalue weighted by molar-refractivity contribution is 7.80. The van der Waals surface area contributed by atoms with Crippen molar-refractivity contribution >= 4 is 39.6 Å². The van der Waals surface area contributed by atoms with Crippen LogP contribution in [-0.2, 0) is 6.42 Å². The maximum Gasteiger partial charge on any atom is 0.192 e. The molecule has 0 unspecified atom stereocenters.